The smallest absolute Gasteiger partial charge is 0.323 e. The molecule has 6 nitrogen and oxygen atoms in total. The first-order valence-corrected chi connectivity index (χ1v) is 7.02. The Morgan fingerprint density at radius 1 is 1.20 bits per heavy atom. The van der Waals surface area contributed by atoms with Gasteiger partial charge in [-0.2, -0.15) is 15.0 Å². The maximum Gasteiger partial charge on any atom is 0.323 e. The van der Waals surface area contributed by atoms with Crippen LogP contribution in [0.25, 0.3) is 0 Å². The van der Waals surface area contributed by atoms with Crippen LogP contribution >= 0.6 is 15.9 Å². The van der Waals surface area contributed by atoms with E-state index in [0.717, 1.165) is 15.7 Å². The van der Waals surface area contributed by atoms with Gasteiger partial charge in [0.15, 0.2) is 0 Å². The zero-order valence-corrected chi connectivity index (χ0v) is 13.2. The molecule has 2 N–H and O–H groups in total. The minimum atomic E-state index is 0.294. The van der Waals surface area contributed by atoms with Gasteiger partial charge in [0.25, 0.3) is 0 Å². The highest BCUT2D eigenvalue weighted by Crippen LogP contribution is 2.26. The number of hydrogen-bond acceptors (Lipinski definition) is 6. The summed E-state index contributed by atoms with van der Waals surface area (Å²) < 4.78 is 6.35. The molecule has 1 aromatic carbocycles. The second-order valence-electron chi connectivity index (χ2n) is 3.99. The molecular weight excluding hydrogens is 322 g/mol. The first-order chi connectivity index (χ1) is 9.63. The van der Waals surface area contributed by atoms with Gasteiger partial charge in [0.1, 0.15) is 0 Å². The van der Waals surface area contributed by atoms with E-state index >= 15 is 0 Å². The van der Waals surface area contributed by atoms with Gasteiger partial charge in [-0.05, 0) is 31.5 Å². The number of nitrogens with zero attached hydrogens (tertiary/aromatic N) is 3. The number of halogens is 1. The Bertz CT molecular complexity index is 605. The van der Waals surface area contributed by atoms with E-state index in [1.54, 1.807) is 7.05 Å². The van der Waals surface area contributed by atoms with Crippen LogP contribution in [0.2, 0.25) is 0 Å². The van der Waals surface area contributed by atoms with Crippen LogP contribution in [0.4, 0.5) is 17.6 Å². The van der Waals surface area contributed by atoms with Crippen molar-refractivity contribution >= 4 is 33.5 Å². The lowest BCUT2D eigenvalue weighted by molar-refractivity contribution is 0.312. The van der Waals surface area contributed by atoms with Crippen molar-refractivity contribution in [2.24, 2.45) is 0 Å². The molecule has 2 rings (SSSR count). The molecule has 0 aliphatic heterocycles. The Morgan fingerprint density at radius 2 is 1.95 bits per heavy atom. The Kier molecular flexibility index (Phi) is 4.73. The van der Waals surface area contributed by atoms with Crippen LogP contribution < -0.4 is 15.4 Å². The van der Waals surface area contributed by atoms with E-state index in [-0.39, 0.29) is 0 Å². The molecule has 0 fully saturated rings. The third kappa shape index (κ3) is 3.36. The SMILES string of the molecule is CCOc1nc(NC)nc(Nc2cccc(Br)c2C)n1. The third-order valence-corrected chi connectivity index (χ3v) is 3.49. The zero-order chi connectivity index (χ0) is 14.5. The summed E-state index contributed by atoms with van der Waals surface area (Å²) in [6.45, 7) is 4.40. The number of rotatable bonds is 5. The minimum absolute atomic E-state index is 0.294. The van der Waals surface area contributed by atoms with E-state index in [2.05, 4.69) is 41.5 Å². The highest BCUT2D eigenvalue weighted by atomic mass is 79.9. The zero-order valence-electron chi connectivity index (χ0n) is 11.6. The molecule has 0 bridgehead atoms. The molecule has 0 atom stereocenters. The maximum absolute atomic E-state index is 5.33. The topological polar surface area (TPSA) is 72.0 Å². The third-order valence-electron chi connectivity index (χ3n) is 2.63. The van der Waals surface area contributed by atoms with Crippen molar-refractivity contribution in [3.8, 4) is 6.01 Å². The van der Waals surface area contributed by atoms with Crippen molar-refractivity contribution in [2.45, 2.75) is 13.8 Å². The standard InChI is InChI=1S/C13H16BrN5O/c1-4-20-13-18-11(15-3)17-12(19-13)16-10-7-5-6-9(14)8(10)2/h5-7H,4H2,1-3H3,(H2,15,16,17,18,19). The number of nitrogens with one attached hydrogen (secondary N) is 2. The molecule has 0 aliphatic rings. The number of anilines is 3. The monoisotopic (exact) mass is 337 g/mol. The average molecular weight is 338 g/mol. The second kappa shape index (κ2) is 6.51. The molecule has 0 saturated heterocycles. The number of ether oxygens (including phenoxy) is 1. The van der Waals surface area contributed by atoms with E-state index in [4.69, 9.17) is 4.74 Å². The van der Waals surface area contributed by atoms with E-state index in [9.17, 15) is 0 Å². The van der Waals surface area contributed by atoms with Gasteiger partial charge in [0.05, 0.1) is 6.61 Å². The van der Waals surface area contributed by atoms with Gasteiger partial charge < -0.3 is 15.4 Å². The molecule has 7 heteroatoms. The Balaban J connectivity index is 2.32. The lowest BCUT2D eigenvalue weighted by atomic mass is 10.2. The predicted molar refractivity (Wildman–Crippen MR) is 82.7 cm³/mol. The summed E-state index contributed by atoms with van der Waals surface area (Å²) in [6, 6.07) is 6.19. The van der Waals surface area contributed by atoms with Crippen molar-refractivity contribution in [3.05, 3.63) is 28.2 Å². The van der Waals surface area contributed by atoms with Crippen molar-refractivity contribution in [3.63, 3.8) is 0 Å². The fourth-order valence-corrected chi connectivity index (χ4v) is 1.95. The van der Waals surface area contributed by atoms with Crippen LogP contribution in [0.5, 0.6) is 6.01 Å². The number of benzene rings is 1. The molecule has 1 heterocycles. The molecule has 0 radical (unpaired) electrons. The first kappa shape index (κ1) is 14.5. The summed E-state index contributed by atoms with van der Waals surface area (Å²) in [6.07, 6.45) is 0. The van der Waals surface area contributed by atoms with E-state index < -0.39 is 0 Å². The molecular formula is C13H16BrN5O. The summed E-state index contributed by atoms with van der Waals surface area (Å²) in [4.78, 5) is 12.6. The average Bonchev–Trinajstić information content (AvgIpc) is 2.44. The molecule has 20 heavy (non-hydrogen) atoms. The Hall–Kier alpha value is -1.89. The summed E-state index contributed by atoms with van der Waals surface area (Å²) >= 11 is 3.50. The van der Waals surface area contributed by atoms with Gasteiger partial charge in [0, 0.05) is 17.2 Å². The lowest BCUT2D eigenvalue weighted by Gasteiger charge is -2.11. The molecule has 0 spiro atoms. The van der Waals surface area contributed by atoms with Crippen molar-refractivity contribution in [1.29, 1.82) is 0 Å². The highest BCUT2D eigenvalue weighted by molar-refractivity contribution is 9.10. The van der Waals surface area contributed by atoms with E-state index in [1.807, 2.05) is 32.0 Å². The van der Waals surface area contributed by atoms with Gasteiger partial charge in [0.2, 0.25) is 11.9 Å². The summed E-state index contributed by atoms with van der Waals surface area (Å²) in [5.41, 5.74) is 2.01. The normalized spacial score (nSPS) is 10.2. The van der Waals surface area contributed by atoms with Crippen LogP contribution in [0.15, 0.2) is 22.7 Å². The minimum Gasteiger partial charge on any atom is -0.464 e. The summed E-state index contributed by atoms with van der Waals surface area (Å²) in [5.74, 6) is 0.896. The lowest BCUT2D eigenvalue weighted by Crippen LogP contribution is -2.07. The first-order valence-electron chi connectivity index (χ1n) is 6.22. The van der Waals surface area contributed by atoms with E-state index in [0.29, 0.717) is 24.5 Å². The van der Waals surface area contributed by atoms with Crippen LogP contribution in [-0.4, -0.2) is 28.6 Å². The second-order valence-corrected chi connectivity index (χ2v) is 4.84. The molecule has 0 saturated carbocycles. The van der Waals surface area contributed by atoms with Crippen molar-refractivity contribution in [1.82, 2.24) is 15.0 Å². The Morgan fingerprint density at radius 3 is 2.65 bits per heavy atom. The van der Waals surface area contributed by atoms with Gasteiger partial charge in [-0.15, -0.1) is 0 Å². The predicted octanol–water partition coefficient (Wildman–Crippen LogP) is 3.13. The molecule has 106 valence electrons. The van der Waals surface area contributed by atoms with Gasteiger partial charge in [-0.3, -0.25) is 0 Å². The van der Waals surface area contributed by atoms with Crippen molar-refractivity contribution in [2.75, 3.05) is 24.3 Å². The molecule has 0 unspecified atom stereocenters. The van der Waals surface area contributed by atoms with E-state index in [1.165, 1.54) is 0 Å². The quantitative estimate of drug-likeness (QED) is 0.873. The maximum atomic E-state index is 5.33. The highest BCUT2D eigenvalue weighted by Gasteiger charge is 2.08. The fourth-order valence-electron chi connectivity index (χ4n) is 1.58. The van der Waals surface area contributed by atoms with Crippen LogP contribution in [0.1, 0.15) is 12.5 Å². The van der Waals surface area contributed by atoms with Crippen LogP contribution in [0, 0.1) is 6.92 Å². The van der Waals surface area contributed by atoms with Crippen molar-refractivity contribution < 1.29 is 4.74 Å². The summed E-state index contributed by atoms with van der Waals surface area (Å²) in [7, 11) is 1.75. The Labute approximate surface area is 126 Å². The largest absolute Gasteiger partial charge is 0.464 e. The number of hydrogen-bond donors (Lipinski definition) is 2. The van der Waals surface area contributed by atoms with Gasteiger partial charge in [-0.1, -0.05) is 22.0 Å². The molecule has 2 aromatic rings. The molecule has 0 aliphatic carbocycles. The summed E-state index contributed by atoms with van der Waals surface area (Å²) in [5, 5.41) is 6.06. The van der Waals surface area contributed by atoms with Gasteiger partial charge in [-0.25, -0.2) is 0 Å². The van der Waals surface area contributed by atoms with Crippen LogP contribution in [0.3, 0.4) is 0 Å². The van der Waals surface area contributed by atoms with Crippen LogP contribution in [-0.2, 0) is 0 Å². The fraction of sp³-hybridized carbons (Fsp3) is 0.308. The number of aromatic nitrogens is 3. The molecule has 0 amide bonds. The van der Waals surface area contributed by atoms with Gasteiger partial charge >= 0.3 is 6.01 Å². The molecule has 1 aromatic heterocycles.